The Morgan fingerprint density at radius 1 is 1.50 bits per heavy atom. The first-order valence-electron chi connectivity index (χ1n) is 2.71. The topological polar surface area (TPSA) is 0 Å². The van der Waals surface area contributed by atoms with Crippen LogP contribution >= 0.6 is 0 Å². The van der Waals surface area contributed by atoms with E-state index in [0.29, 0.717) is 0 Å². The molecule has 0 fully saturated rings. The van der Waals surface area contributed by atoms with Crippen molar-refractivity contribution in [2.24, 2.45) is 0 Å². The van der Waals surface area contributed by atoms with Crippen LogP contribution in [0.4, 0.5) is 0 Å². The van der Waals surface area contributed by atoms with Gasteiger partial charge in [-0.3, -0.25) is 0 Å². The molecule has 1 rings (SSSR count). The van der Waals surface area contributed by atoms with Crippen LogP contribution in [-0.4, -0.2) is 14.3 Å². The van der Waals surface area contributed by atoms with Gasteiger partial charge in [0.05, 0.1) is 0 Å². The first-order valence-corrected chi connectivity index (χ1v) is 5.99. The zero-order valence-electron chi connectivity index (χ0n) is 5.24. The molecule has 0 spiro atoms. The number of halogens is 1. The van der Waals surface area contributed by atoms with Gasteiger partial charge < -0.3 is 0 Å². The van der Waals surface area contributed by atoms with Gasteiger partial charge in [-0.1, -0.05) is 16.9 Å². The lowest BCUT2D eigenvalue weighted by atomic mass is 10.3. The quantitative estimate of drug-likeness (QED) is 0.448. The second kappa shape index (κ2) is 2.73. The lowest BCUT2D eigenvalue weighted by Crippen LogP contribution is -1.99. The minimum absolute atomic E-state index is 0.0394. The van der Waals surface area contributed by atoms with Crippen molar-refractivity contribution in [1.82, 2.24) is 0 Å². The molecule has 0 N–H and O–H groups in total. The van der Waals surface area contributed by atoms with E-state index in [4.69, 9.17) is 0 Å². The normalized spacial score (nSPS) is 18.8. The smallest absolute Gasteiger partial charge is 0.0673 e. The molecule has 0 aromatic carbocycles. The van der Waals surface area contributed by atoms with E-state index in [9.17, 15) is 0 Å². The summed E-state index contributed by atoms with van der Waals surface area (Å²) >= 11 is 0.0394. The SMILES string of the molecule is CC1=[C](C)[AlH][Cl+]C=C1. The Labute approximate surface area is 59.3 Å². The molecule has 0 saturated carbocycles. The summed E-state index contributed by atoms with van der Waals surface area (Å²) in [5.74, 6) is 0. The van der Waals surface area contributed by atoms with Crippen LogP contribution in [0.1, 0.15) is 13.8 Å². The van der Waals surface area contributed by atoms with Crippen molar-refractivity contribution in [3.63, 3.8) is 0 Å². The molecule has 0 amide bonds. The molecule has 0 bridgehead atoms. The van der Waals surface area contributed by atoms with Crippen LogP contribution in [-0.2, 0) is 0 Å². The summed E-state index contributed by atoms with van der Waals surface area (Å²) in [6, 6.07) is 0. The molecule has 1 aliphatic heterocycles. The molecule has 8 heavy (non-hydrogen) atoms. The second-order valence-corrected chi connectivity index (χ2v) is 5.66. The van der Waals surface area contributed by atoms with Gasteiger partial charge >= 0.3 is 14.3 Å². The summed E-state index contributed by atoms with van der Waals surface area (Å²) < 4.78 is 1.63. The predicted molar refractivity (Wildman–Crippen MR) is 34.7 cm³/mol. The summed E-state index contributed by atoms with van der Waals surface area (Å²) in [6.07, 6.45) is 2.18. The average molecular weight is 144 g/mol. The number of rotatable bonds is 0. The van der Waals surface area contributed by atoms with E-state index < -0.39 is 0 Å². The van der Waals surface area contributed by atoms with Crippen molar-refractivity contribution >= 4 is 14.3 Å². The van der Waals surface area contributed by atoms with Crippen LogP contribution in [0, 0.1) is 9.24 Å². The minimum Gasteiger partial charge on any atom is -0.0673 e. The van der Waals surface area contributed by atoms with E-state index >= 15 is 0 Å². The molecule has 0 aromatic heterocycles. The summed E-state index contributed by atoms with van der Waals surface area (Å²) in [7, 11) is 2.43. The Balaban J connectivity index is 2.76. The molecular weight excluding hydrogens is 135 g/mol. The van der Waals surface area contributed by atoms with Gasteiger partial charge in [0.15, 0.2) is 0 Å². The lowest BCUT2D eigenvalue weighted by Gasteiger charge is -1.94. The number of hydrogen-bond acceptors (Lipinski definition) is 0. The maximum absolute atomic E-state index is 2.43. The van der Waals surface area contributed by atoms with Crippen molar-refractivity contribution in [2.75, 3.05) is 0 Å². The van der Waals surface area contributed by atoms with Gasteiger partial charge in [-0.25, -0.2) is 0 Å². The summed E-state index contributed by atoms with van der Waals surface area (Å²) in [5, 5.41) is 0. The van der Waals surface area contributed by atoms with E-state index in [0.717, 1.165) is 0 Å². The van der Waals surface area contributed by atoms with E-state index in [2.05, 4.69) is 34.7 Å². The van der Waals surface area contributed by atoms with Crippen molar-refractivity contribution in [2.45, 2.75) is 13.8 Å². The van der Waals surface area contributed by atoms with Crippen molar-refractivity contribution in [3.8, 4) is 0 Å². The molecule has 42 valence electrons. The Morgan fingerprint density at radius 3 is 2.62 bits per heavy atom. The van der Waals surface area contributed by atoms with Crippen LogP contribution in [0.2, 0.25) is 0 Å². The largest absolute Gasteiger partial charge is 0.747 e. The maximum Gasteiger partial charge on any atom is 0.747 e. The van der Waals surface area contributed by atoms with E-state index in [1.807, 2.05) is 0 Å². The zero-order chi connectivity index (χ0) is 5.98. The van der Waals surface area contributed by atoms with Crippen LogP contribution < -0.4 is 0 Å². The molecule has 1 heterocycles. The highest BCUT2D eigenvalue weighted by Crippen LogP contribution is 2.08. The molecule has 0 atom stereocenters. The average Bonchev–Trinajstić information content (AvgIpc) is 1.77. The minimum atomic E-state index is 0.0394. The lowest BCUT2D eigenvalue weighted by molar-refractivity contribution is -0.433. The predicted octanol–water partition coefficient (Wildman–Crippen LogP) is 1.24. The van der Waals surface area contributed by atoms with Crippen LogP contribution in [0.15, 0.2) is 21.6 Å². The van der Waals surface area contributed by atoms with Crippen LogP contribution in [0.3, 0.4) is 0 Å². The van der Waals surface area contributed by atoms with Gasteiger partial charge in [-0.05, 0) is 22.2 Å². The highest BCUT2D eigenvalue weighted by Gasteiger charge is 2.18. The van der Waals surface area contributed by atoms with Gasteiger partial charge in [0.1, 0.15) is 5.54 Å². The fourth-order valence-electron chi connectivity index (χ4n) is 0.547. The third kappa shape index (κ3) is 1.39. The van der Waals surface area contributed by atoms with Crippen molar-refractivity contribution < 1.29 is 9.24 Å². The second-order valence-electron chi connectivity index (χ2n) is 2.04. The Kier molecular flexibility index (Phi) is 2.19. The van der Waals surface area contributed by atoms with Crippen LogP contribution in [0.5, 0.6) is 0 Å². The van der Waals surface area contributed by atoms with Gasteiger partial charge in [0, 0.05) is 0 Å². The van der Waals surface area contributed by atoms with Crippen molar-refractivity contribution in [3.05, 3.63) is 21.6 Å². The molecule has 1 aliphatic rings. The number of hydrogen-bond donors (Lipinski definition) is 0. The van der Waals surface area contributed by atoms with Gasteiger partial charge in [-0.15, -0.1) is 0 Å². The summed E-state index contributed by atoms with van der Waals surface area (Å²) in [6.45, 7) is 4.42. The Bertz CT molecular complexity index is 147. The molecule has 0 aliphatic carbocycles. The fraction of sp³-hybridized carbons (Fsp3) is 0.333. The molecule has 0 saturated heterocycles. The first-order chi connectivity index (χ1) is 3.80. The molecule has 0 aromatic rings. The van der Waals surface area contributed by atoms with E-state index in [1.165, 1.54) is 5.57 Å². The fourth-order valence-corrected chi connectivity index (χ4v) is 3.34. The third-order valence-corrected chi connectivity index (χ3v) is 4.97. The van der Waals surface area contributed by atoms with Gasteiger partial charge in [0.25, 0.3) is 0 Å². The standard InChI is InChI=1S/C6H8Cl.Al.H/c1-3-6(2)4-5-7;;/h4-5H,1-2H3;;/q;+1;. The molecule has 0 unspecified atom stereocenters. The maximum atomic E-state index is 2.43. The first kappa shape index (κ1) is 6.42. The molecule has 0 radical (unpaired) electrons. The number of allylic oxidation sites excluding steroid dienone is 3. The molecule has 0 nitrogen and oxygen atoms in total. The summed E-state index contributed by atoms with van der Waals surface area (Å²) in [4.78, 5) is 0. The van der Waals surface area contributed by atoms with Crippen molar-refractivity contribution in [1.29, 1.82) is 0 Å². The van der Waals surface area contributed by atoms with Crippen LogP contribution in [0.25, 0.3) is 0 Å². The van der Waals surface area contributed by atoms with E-state index in [1.54, 1.807) is 4.44 Å². The zero-order valence-corrected chi connectivity index (χ0v) is 7.41. The van der Waals surface area contributed by atoms with Gasteiger partial charge in [0.2, 0.25) is 0 Å². The molecular formula is C6H9AlCl+. The highest BCUT2D eigenvalue weighted by molar-refractivity contribution is 6.35. The summed E-state index contributed by atoms with van der Waals surface area (Å²) in [5.41, 5.74) is 3.64. The Morgan fingerprint density at radius 2 is 2.25 bits per heavy atom. The molecule has 2 heteroatoms. The monoisotopic (exact) mass is 143 g/mol. The third-order valence-electron chi connectivity index (χ3n) is 1.35. The van der Waals surface area contributed by atoms with Gasteiger partial charge in [-0.2, -0.15) is 0 Å². The highest BCUT2D eigenvalue weighted by atomic mass is 35.6. The van der Waals surface area contributed by atoms with E-state index in [-0.39, 0.29) is 14.3 Å². The Hall–Kier alpha value is 0.302.